The first-order valence-corrected chi connectivity index (χ1v) is 7.64. The minimum absolute atomic E-state index is 0.0151. The molecule has 1 aliphatic rings. The summed E-state index contributed by atoms with van der Waals surface area (Å²) in [7, 11) is 6.57. The van der Waals surface area contributed by atoms with Crippen LogP contribution >= 0.6 is 0 Å². The fourth-order valence-corrected chi connectivity index (χ4v) is 2.54. The molecule has 0 aliphatic carbocycles. The molecule has 1 aromatic rings. The average Bonchev–Trinajstić information content (AvgIpc) is 2.60. The lowest BCUT2D eigenvalue weighted by atomic mass is 10.1. The van der Waals surface area contributed by atoms with E-state index in [2.05, 4.69) is 13.2 Å². The van der Waals surface area contributed by atoms with Crippen LogP contribution in [-0.4, -0.2) is 38.9 Å². The summed E-state index contributed by atoms with van der Waals surface area (Å²) < 4.78 is 2.62. The van der Waals surface area contributed by atoms with E-state index < -0.39 is 11.1 Å². The van der Waals surface area contributed by atoms with Crippen LogP contribution in [0.1, 0.15) is 6.92 Å². The second-order valence-corrected chi connectivity index (χ2v) is 5.92. The van der Waals surface area contributed by atoms with Gasteiger partial charge in [-0.3, -0.25) is 28.4 Å². The van der Waals surface area contributed by atoms with Gasteiger partial charge in [0.2, 0.25) is 0 Å². The van der Waals surface area contributed by atoms with Gasteiger partial charge in [-0.25, -0.2) is 0 Å². The molecule has 132 valence electrons. The van der Waals surface area contributed by atoms with E-state index in [9.17, 15) is 14.4 Å². The molecule has 0 saturated carbocycles. The number of allylic oxidation sites excluding steroid dienone is 2. The van der Waals surface area contributed by atoms with Crippen molar-refractivity contribution in [3.8, 4) is 0 Å². The van der Waals surface area contributed by atoms with Crippen molar-refractivity contribution in [2.24, 2.45) is 14.1 Å². The number of hydrogen-bond donors (Lipinski definition) is 0. The number of likely N-dealkylation sites (N-methyl/N-ethyl adjacent to an activating group) is 1. The predicted octanol–water partition coefficient (Wildman–Crippen LogP) is -1.02. The third-order valence-electron chi connectivity index (χ3n) is 4.57. The van der Waals surface area contributed by atoms with Crippen LogP contribution in [0.4, 0.5) is 0 Å². The third kappa shape index (κ3) is 2.88. The fraction of sp³-hybridized carbons (Fsp3) is 0.278. The Kier molecular flexibility index (Phi) is 4.69. The quantitative estimate of drug-likeness (QED) is 0.690. The third-order valence-corrected chi connectivity index (χ3v) is 4.57. The molecule has 1 aromatic heterocycles. The highest BCUT2D eigenvalue weighted by molar-refractivity contribution is 5.99. The Balaban J connectivity index is 2.59. The van der Waals surface area contributed by atoms with Gasteiger partial charge < -0.3 is 4.90 Å². The molecule has 0 fully saturated rings. The van der Waals surface area contributed by atoms with Gasteiger partial charge in [0.15, 0.2) is 0 Å². The number of nitrogens with zero attached hydrogens (tertiary/aromatic N) is 4. The Morgan fingerprint density at radius 1 is 0.880 bits per heavy atom. The first-order valence-electron chi connectivity index (χ1n) is 7.64. The Morgan fingerprint density at radius 3 is 1.92 bits per heavy atom. The predicted molar refractivity (Wildman–Crippen MR) is 97.7 cm³/mol. The van der Waals surface area contributed by atoms with Crippen LogP contribution in [0.5, 0.6) is 0 Å². The Hall–Kier alpha value is -3.09. The summed E-state index contributed by atoms with van der Waals surface area (Å²) in [6.07, 6.45) is 4.54. The average molecular weight is 342 g/mol. The number of carbonyl (C=O) groups is 1. The molecule has 0 saturated heterocycles. The Bertz CT molecular complexity index is 1010. The van der Waals surface area contributed by atoms with Crippen molar-refractivity contribution in [1.29, 1.82) is 0 Å². The lowest BCUT2D eigenvalue weighted by Crippen LogP contribution is -2.56. The molecular weight excluding hydrogens is 320 g/mol. The van der Waals surface area contributed by atoms with E-state index >= 15 is 0 Å². The van der Waals surface area contributed by atoms with Gasteiger partial charge in [-0.05, 0) is 19.1 Å². The maximum absolute atomic E-state index is 12.4. The van der Waals surface area contributed by atoms with Gasteiger partial charge in [-0.2, -0.15) is 0 Å². The van der Waals surface area contributed by atoms with Gasteiger partial charge in [-0.15, -0.1) is 0 Å². The van der Waals surface area contributed by atoms with E-state index in [-0.39, 0.29) is 11.1 Å². The van der Waals surface area contributed by atoms with Crippen LogP contribution in [-0.2, 0) is 18.9 Å². The summed E-state index contributed by atoms with van der Waals surface area (Å²) in [6.45, 7) is 9.37. The molecule has 0 atom stereocenters. The number of hydrogen-bond acceptors (Lipinski definition) is 4. The molecule has 0 unspecified atom stereocenters. The van der Waals surface area contributed by atoms with Crippen LogP contribution in [0.2, 0.25) is 0 Å². The van der Waals surface area contributed by atoms with Crippen molar-refractivity contribution in [1.82, 2.24) is 18.9 Å². The van der Waals surface area contributed by atoms with Crippen molar-refractivity contribution >= 4 is 18.6 Å². The molecule has 2 heterocycles. The SMILES string of the molecule is C=C1N(C)C(=O)C(C=CC=c2c(=O)n(C)c(=C)n(C)c2=O)=C(C)N1C. The van der Waals surface area contributed by atoms with Gasteiger partial charge in [-0.1, -0.05) is 19.2 Å². The largest absolute Gasteiger partial charge is 0.335 e. The second kappa shape index (κ2) is 6.43. The monoisotopic (exact) mass is 342 g/mol. The Labute approximate surface area is 145 Å². The number of aromatic nitrogens is 2. The zero-order valence-electron chi connectivity index (χ0n) is 15.2. The van der Waals surface area contributed by atoms with Crippen LogP contribution in [0.25, 0.3) is 12.7 Å². The maximum atomic E-state index is 12.4. The van der Waals surface area contributed by atoms with Crippen LogP contribution in [0, 0.1) is 0 Å². The van der Waals surface area contributed by atoms with E-state index in [4.69, 9.17) is 0 Å². The molecule has 0 aromatic carbocycles. The van der Waals surface area contributed by atoms with Crippen LogP contribution in [0.3, 0.4) is 0 Å². The summed E-state index contributed by atoms with van der Waals surface area (Å²) in [5.41, 5.74) is 0.670. The smallest absolute Gasteiger partial charge is 0.264 e. The zero-order valence-corrected chi connectivity index (χ0v) is 15.2. The van der Waals surface area contributed by atoms with E-state index in [1.165, 1.54) is 26.2 Å². The maximum Gasteiger partial charge on any atom is 0.264 e. The van der Waals surface area contributed by atoms with Crippen molar-refractivity contribution in [3.05, 3.63) is 67.2 Å². The highest BCUT2D eigenvalue weighted by Gasteiger charge is 2.26. The van der Waals surface area contributed by atoms with E-state index in [1.807, 2.05) is 14.0 Å². The molecular formula is C18H22N4O3. The van der Waals surface area contributed by atoms with Gasteiger partial charge in [0.25, 0.3) is 17.0 Å². The first kappa shape index (κ1) is 18.3. The highest BCUT2D eigenvalue weighted by atomic mass is 16.2. The minimum Gasteiger partial charge on any atom is -0.335 e. The lowest BCUT2D eigenvalue weighted by Gasteiger charge is -2.35. The van der Waals surface area contributed by atoms with Crippen molar-refractivity contribution in [3.63, 3.8) is 0 Å². The molecule has 2 rings (SSSR count). The molecule has 1 amide bonds. The van der Waals surface area contributed by atoms with E-state index in [1.54, 1.807) is 32.1 Å². The molecule has 25 heavy (non-hydrogen) atoms. The van der Waals surface area contributed by atoms with Gasteiger partial charge in [0.1, 0.15) is 16.5 Å². The summed E-state index contributed by atoms with van der Waals surface area (Å²) >= 11 is 0. The van der Waals surface area contributed by atoms with Crippen molar-refractivity contribution < 1.29 is 4.79 Å². The summed E-state index contributed by atoms with van der Waals surface area (Å²) in [5, 5.41) is 0.0151. The lowest BCUT2D eigenvalue weighted by molar-refractivity contribution is -0.125. The molecule has 7 heteroatoms. The molecule has 0 bridgehead atoms. The minimum atomic E-state index is -0.430. The fourth-order valence-electron chi connectivity index (χ4n) is 2.54. The Morgan fingerprint density at radius 2 is 1.40 bits per heavy atom. The topological polar surface area (TPSA) is 67.5 Å². The number of rotatable bonds is 2. The number of carbonyl (C=O) groups excluding carboxylic acids is 1. The summed E-state index contributed by atoms with van der Waals surface area (Å²) in [4.78, 5) is 40.2. The second-order valence-electron chi connectivity index (χ2n) is 5.92. The zero-order chi connectivity index (χ0) is 19.0. The van der Waals surface area contributed by atoms with Crippen molar-refractivity contribution in [2.45, 2.75) is 6.92 Å². The van der Waals surface area contributed by atoms with E-state index in [0.29, 0.717) is 16.9 Å². The highest BCUT2D eigenvalue weighted by Crippen LogP contribution is 2.24. The molecule has 7 nitrogen and oxygen atoms in total. The normalized spacial score (nSPS) is 15.6. The summed E-state index contributed by atoms with van der Waals surface area (Å²) in [6, 6.07) is 0. The molecule has 0 spiro atoms. The van der Waals surface area contributed by atoms with Gasteiger partial charge in [0, 0.05) is 33.9 Å². The van der Waals surface area contributed by atoms with Gasteiger partial charge in [0.05, 0.1) is 5.57 Å². The van der Waals surface area contributed by atoms with Gasteiger partial charge >= 0.3 is 0 Å². The molecule has 0 N–H and O–H groups in total. The van der Waals surface area contributed by atoms with E-state index in [0.717, 1.165) is 5.70 Å². The molecule has 1 aliphatic heterocycles. The summed E-state index contributed by atoms with van der Waals surface area (Å²) in [5.74, 6) is 0.386. The van der Waals surface area contributed by atoms with Crippen LogP contribution < -0.4 is 21.8 Å². The molecule has 0 radical (unpaired) electrons. The van der Waals surface area contributed by atoms with Crippen LogP contribution in [0.15, 0.2) is 45.4 Å². The number of amides is 1. The first-order chi connectivity index (χ1) is 11.6. The standard InChI is InChI=1S/C18H22N4O3/c1-11-14(16(23)20(5)12(2)19(11)4)9-8-10-15-17(24)21(6)13(3)22(7)18(15)25/h8-10H,2-3H2,1,4-7H3. The van der Waals surface area contributed by atoms with Crippen molar-refractivity contribution in [2.75, 3.05) is 14.1 Å².